The third-order valence-electron chi connectivity index (χ3n) is 2.67. The third-order valence-corrected chi connectivity index (χ3v) is 5.26. The van der Waals surface area contributed by atoms with Gasteiger partial charge in [-0.3, -0.25) is 9.69 Å². The van der Waals surface area contributed by atoms with Crippen LogP contribution in [0.25, 0.3) is 0 Å². The van der Waals surface area contributed by atoms with Crippen LogP contribution in [-0.2, 0) is 9.53 Å². The van der Waals surface area contributed by atoms with Gasteiger partial charge in [-0.1, -0.05) is 24.0 Å². The van der Waals surface area contributed by atoms with E-state index in [0.29, 0.717) is 10.1 Å². The molecule has 2 aliphatic heterocycles. The van der Waals surface area contributed by atoms with Crippen LogP contribution in [0.15, 0.2) is 0 Å². The molecule has 0 bridgehead atoms. The van der Waals surface area contributed by atoms with Crippen molar-refractivity contribution < 1.29 is 9.53 Å². The van der Waals surface area contributed by atoms with E-state index in [0.717, 1.165) is 36.1 Å². The zero-order valence-electron chi connectivity index (χ0n) is 8.12. The van der Waals surface area contributed by atoms with Crippen LogP contribution >= 0.6 is 24.0 Å². The Morgan fingerprint density at radius 2 is 2.36 bits per heavy atom. The molecule has 2 rings (SSSR count). The van der Waals surface area contributed by atoms with Crippen LogP contribution < -0.4 is 0 Å². The van der Waals surface area contributed by atoms with E-state index < -0.39 is 0 Å². The van der Waals surface area contributed by atoms with Crippen LogP contribution in [0.3, 0.4) is 0 Å². The second-order valence-electron chi connectivity index (χ2n) is 3.76. The Kier molecular flexibility index (Phi) is 2.97. The van der Waals surface area contributed by atoms with Crippen molar-refractivity contribution in [2.24, 2.45) is 0 Å². The number of ether oxygens (including phenoxy) is 1. The molecule has 2 fully saturated rings. The minimum atomic E-state index is -0.337. The van der Waals surface area contributed by atoms with Crippen LogP contribution in [0.2, 0.25) is 0 Å². The molecule has 2 heterocycles. The van der Waals surface area contributed by atoms with Crippen molar-refractivity contribution in [1.29, 1.82) is 0 Å². The summed E-state index contributed by atoms with van der Waals surface area (Å²) >= 11 is 6.64. The van der Waals surface area contributed by atoms with Gasteiger partial charge < -0.3 is 4.74 Å². The number of thioether (sulfide) groups is 1. The summed E-state index contributed by atoms with van der Waals surface area (Å²) < 4.78 is 6.46. The molecule has 1 atom stereocenters. The van der Waals surface area contributed by atoms with Gasteiger partial charge in [-0.2, -0.15) is 0 Å². The third kappa shape index (κ3) is 1.76. The van der Waals surface area contributed by atoms with Gasteiger partial charge in [0.1, 0.15) is 9.67 Å². The quantitative estimate of drug-likeness (QED) is 0.484. The summed E-state index contributed by atoms with van der Waals surface area (Å²) in [7, 11) is 0.831. The summed E-state index contributed by atoms with van der Waals surface area (Å²) in [6.45, 7) is 0.764. The molecule has 0 aliphatic carbocycles. The molecule has 3 nitrogen and oxygen atoms in total. The average molecular weight is 247 g/mol. The summed E-state index contributed by atoms with van der Waals surface area (Å²) in [5.41, 5.74) is 0. The monoisotopic (exact) mass is 247 g/mol. The van der Waals surface area contributed by atoms with Crippen molar-refractivity contribution in [2.45, 2.75) is 24.6 Å². The molecule has 6 heteroatoms. The lowest BCUT2D eigenvalue weighted by Crippen LogP contribution is -2.55. The van der Waals surface area contributed by atoms with Crippen LogP contribution in [0.1, 0.15) is 19.3 Å². The maximum absolute atomic E-state index is 11.6. The number of rotatable bonds is 1. The topological polar surface area (TPSA) is 29.5 Å². The highest BCUT2D eigenvalue weighted by Gasteiger charge is 2.43. The van der Waals surface area contributed by atoms with Crippen molar-refractivity contribution in [2.75, 3.05) is 12.4 Å². The molecule has 1 amide bonds. The molecular weight excluding hydrogens is 234 g/mol. The standard InChI is InChI=1S/C8H13NO2S2Si/c10-6-5-13-7(12)9(6)8(14)3-1-2-4-11-8/h1-5H2,14H3. The highest BCUT2D eigenvalue weighted by molar-refractivity contribution is 8.24. The summed E-state index contributed by atoms with van der Waals surface area (Å²) in [6.07, 6.45) is 3.19. The van der Waals surface area contributed by atoms with Gasteiger partial charge in [0.2, 0.25) is 5.91 Å². The molecule has 0 saturated carbocycles. The van der Waals surface area contributed by atoms with Crippen LogP contribution in [0.5, 0.6) is 0 Å². The van der Waals surface area contributed by atoms with Crippen LogP contribution in [0, 0.1) is 0 Å². The van der Waals surface area contributed by atoms with Crippen molar-refractivity contribution in [1.82, 2.24) is 4.90 Å². The number of thiocarbonyl (C=S) groups is 1. The number of hydrogen-bond acceptors (Lipinski definition) is 4. The van der Waals surface area contributed by atoms with Crippen molar-refractivity contribution >= 4 is 44.4 Å². The number of carbonyl (C=O) groups excluding carboxylic acids is 1. The minimum absolute atomic E-state index is 0.122. The first-order valence-electron chi connectivity index (χ1n) is 4.77. The minimum Gasteiger partial charge on any atom is -0.360 e. The van der Waals surface area contributed by atoms with Gasteiger partial charge in [0.15, 0.2) is 0 Å². The first kappa shape index (κ1) is 10.6. The molecule has 0 aromatic rings. The Balaban J connectivity index is 2.18. The molecule has 0 radical (unpaired) electrons. The number of nitrogens with zero attached hydrogens (tertiary/aromatic N) is 1. The van der Waals surface area contributed by atoms with E-state index in [-0.39, 0.29) is 11.3 Å². The molecule has 0 N–H and O–H groups in total. The normalized spacial score (nSPS) is 34.1. The second kappa shape index (κ2) is 3.92. The summed E-state index contributed by atoms with van der Waals surface area (Å²) in [4.78, 5) is 13.4. The number of amides is 1. The van der Waals surface area contributed by atoms with E-state index in [9.17, 15) is 4.79 Å². The lowest BCUT2D eigenvalue weighted by Gasteiger charge is -2.41. The van der Waals surface area contributed by atoms with Gasteiger partial charge in [0.05, 0.1) is 16.0 Å². The first-order chi connectivity index (χ1) is 6.63. The largest absolute Gasteiger partial charge is 0.360 e. The SMILES string of the molecule is O=C1CSC(=S)N1C1([SiH3])CCCCO1. The maximum Gasteiger partial charge on any atom is 0.240 e. The van der Waals surface area contributed by atoms with Crippen LogP contribution in [0.4, 0.5) is 0 Å². The molecule has 2 aliphatic rings. The Morgan fingerprint density at radius 3 is 2.86 bits per heavy atom. The van der Waals surface area contributed by atoms with Crippen molar-refractivity contribution in [3.63, 3.8) is 0 Å². The van der Waals surface area contributed by atoms with Gasteiger partial charge in [-0.05, 0) is 19.3 Å². The van der Waals surface area contributed by atoms with Gasteiger partial charge in [-0.25, -0.2) is 0 Å². The van der Waals surface area contributed by atoms with Gasteiger partial charge >= 0.3 is 0 Å². The zero-order valence-corrected chi connectivity index (χ0v) is 11.7. The molecule has 0 aromatic carbocycles. The van der Waals surface area contributed by atoms with E-state index in [1.807, 2.05) is 0 Å². The lowest BCUT2D eigenvalue weighted by atomic mass is 10.1. The highest BCUT2D eigenvalue weighted by atomic mass is 32.2. The molecule has 2 saturated heterocycles. The van der Waals surface area contributed by atoms with E-state index in [1.54, 1.807) is 4.90 Å². The van der Waals surface area contributed by atoms with Crippen LogP contribution in [-0.4, -0.2) is 43.1 Å². The van der Waals surface area contributed by atoms with E-state index in [2.05, 4.69) is 0 Å². The zero-order chi connectivity index (χ0) is 10.2. The Bertz CT molecular complexity index is 263. The number of hydrogen-bond donors (Lipinski definition) is 0. The van der Waals surface area contributed by atoms with E-state index >= 15 is 0 Å². The Hall–Kier alpha value is 0.0869. The molecule has 1 unspecified atom stereocenters. The Labute approximate surface area is 96.0 Å². The highest BCUT2D eigenvalue weighted by Crippen LogP contribution is 2.32. The summed E-state index contributed by atoms with van der Waals surface area (Å²) in [5.74, 6) is 0.614. The summed E-state index contributed by atoms with van der Waals surface area (Å²) in [6, 6.07) is 0. The van der Waals surface area contributed by atoms with Gasteiger partial charge in [-0.15, -0.1) is 0 Å². The first-order valence-corrected chi connectivity index (χ1v) is 7.17. The molecule has 0 spiro atoms. The predicted molar refractivity (Wildman–Crippen MR) is 64.4 cm³/mol. The fourth-order valence-corrected chi connectivity index (χ4v) is 4.53. The molecule has 0 aromatic heterocycles. The van der Waals surface area contributed by atoms with E-state index in [1.165, 1.54) is 11.8 Å². The summed E-state index contributed by atoms with van der Waals surface area (Å²) in [5, 5.41) is -0.337. The molecular formula is C8H13NO2S2Si. The van der Waals surface area contributed by atoms with E-state index in [4.69, 9.17) is 17.0 Å². The van der Waals surface area contributed by atoms with Crippen molar-refractivity contribution in [3.8, 4) is 0 Å². The average Bonchev–Trinajstić information content (AvgIpc) is 2.48. The second-order valence-corrected chi connectivity index (χ2v) is 6.94. The molecule has 14 heavy (non-hydrogen) atoms. The predicted octanol–water partition coefficient (Wildman–Crippen LogP) is 0.0664. The lowest BCUT2D eigenvalue weighted by molar-refractivity contribution is -0.144. The molecule has 78 valence electrons. The fraction of sp³-hybridized carbons (Fsp3) is 0.750. The van der Waals surface area contributed by atoms with Crippen molar-refractivity contribution in [3.05, 3.63) is 0 Å². The maximum atomic E-state index is 11.6. The van der Waals surface area contributed by atoms with Gasteiger partial charge in [0, 0.05) is 6.61 Å². The Morgan fingerprint density at radius 1 is 1.57 bits per heavy atom. The number of carbonyl (C=O) groups is 1. The smallest absolute Gasteiger partial charge is 0.240 e. The fourth-order valence-electron chi connectivity index (χ4n) is 1.91. The van der Waals surface area contributed by atoms with Gasteiger partial charge in [0.25, 0.3) is 0 Å².